The molecule has 0 bridgehead atoms. The topological polar surface area (TPSA) is 119 Å². The standard InChI is InChI=1S/C36H52F3N3O6/c1-3-9-28-25(10-7-21-42(28)32(44)30-27(36(37,38)39)12-6-20-40-30)31(43)41-22-18-35(47,19-23-41)26-11-4-5-13-29(26)48-24(2)14-17-34(33(45)46)15-8-16-34/h6,12,20,24-25,28,30,40,47H,3-5,7-11,13-19,21-23H2,1-2H3,(H,45,46)/t24-,25+,28+,30?/m0/s1. The zero-order valence-electron chi connectivity index (χ0n) is 28.3. The molecule has 5 rings (SSSR count). The summed E-state index contributed by atoms with van der Waals surface area (Å²) in [4.78, 5) is 42.7. The van der Waals surface area contributed by atoms with Crippen LogP contribution in [0.3, 0.4) is 0 Å². The van der Waals surface area contributed by atoms with Crippen molar-refractivity contribution >= 4 is 17.8 Å². The number of allylic oxidation sites excluding steroid dienone is 3. The normalized spacial score (nSPS) is 27.8. The van der Waals surface area contributed by atoms with Gasteiger partial charge in [-0.15, -0.1) is 0 Å². The molecule has 3 aliphatic heterocycles. The maximum Gasteiger partial charge on any atom is 0.415 e. The average molecular weight is 680 g/mol. The summed E-state index contributed by atoms with van der Waals surface area (Å²) in [5.74, 6) is -1.22. The predicted octanol–water partition coefficient (Wildman–Crippen LogP) is 5.99. The highest BCUT2D eigenvalue weighted by Gasteiger charge is 2.48. The van der Waals surface area contributed by atoms with Crippen LogP contribution in [0.2, 0.25) is 0 Å². The van der Waals surface area contributed by atoms with Crippen molar-refractivity contribution < 1.29 is 42.5 Å². The Morgan fingerprint density at radius 2 is 1.75 bits per heavy atom. The molecule has 5 aliphatic rings. The minimum atomic E-state index is -4.66. The number of nitrogens with zero attached hydrogens (tertiary/aromatic N) is 2. The van der Waals surface area contributed by atoms with Crippen LogP contribution in [-0.2, 0) is 19.1 Å². The number of aliphatic hydroxyl groups is 1. The smallest absolute Gasteiger partial charge is 0.415 e. The lowest BCUT2D eigenvalue weighted by Crippen LogP contribution is -2.59. The number of ether oxygens (including phenoxy) is 1. The van der Waals surface area contributed by atoms with Gasteiger partial charge >= 0.3 is 12.1 Å². The second kappa shape index (κ2) is 14.8. The number of carbonyl (C=O) groups is 3. The molecular formula is C36H52F3N3O6. The second-order valence-electron chi connectivity index (χ2n) is 14.6. The Hall–Kier alpha value is -3.02. The lowest BCUT2D eigenvalue weighted by Gasteiger charge is -2.46. The highest BCUT2D eigenvalue weighted by atomic mass is 19.4. The third-order valence-corrected chi connectivity index (χ3v) is 11.5. The van der Waals surface area contributed by atoms with Crippen molar-refractivity contribution in [1.82, 2.24) is 15.1 Å². The van der Waals surface area contributed by atoms with E-state index in [1.807, 2.05) is 13.8 Å². The monoisotopic (exact) mass is 679 g/mol. The molecule has 3 fully saturated rings. The van der Waals surface area contributed by atoms with Crippen molar-refractivity contribution in [1.29, 1.82) is 0 Å². The van der Waals surface area contributed by atoms with E-state index >= 15 is 0 Å². The van der Waals surface area contributed by atoms with Gasteiger partial charge in [-0.05, 0) is 102 Å². The SMILES string of the molecule is CCC[C@@H]1[C@H](C(=O)N2CCC(O)(C3=C(O[C@@H](C)CCC4(C(=O)O)CCC4)CCCC3)CC2)CCCN1C(=O)C1NC=CC=C1C(F)(F)F. The Kier molecular flexibility index (Phi) is 11.2. The van der Waals surface area contributed by atoms with Crippen molar-refractivity contribution in [3.8, 4) is 0 Å². The fourth-order valence-corrected chi connectivity index (χ4v) is 8.48. The number of carboxylic acids is 1. The minimum absolute atomic E-state index is 0.109. The summed E-state index contributed by atoms with van der Waals surface area (Å²) in [6, 6.07) is -2.05. The third-order valence-electron chi connectivity index (χ3n) is 11.5. The number of carboxylic acid groups (broad SMARTS) is 1. The molecule has 2 amide bonds. The van der Waals surface area contributed by atoms with E-state index in [1.165, 1.54) is 17.2 Å². The first-order valence-corrected chi connectivity index (χ1v) is 17.9. The molecule has 12 heteroatoms. The van der Waals surface area contributed by atoms with Crippen LogP contribution in [0.25, 0.3) is 0 Å². The molecule has 0 aromatic heterocycles. The van der Waals surface area contributed by atoms with E-state index in [4.69, 9.17) is 4.74 Å². The van der Waals surface area contributed by atoms with Gasteiger partial charge in [0.25, 0.3) is 0 Å². The maximum absolute atomic E-state index is 14.0. The number of piperidine rings is 2. The van der Waals surface area contributed by atoms with E-state index in [1.54, 1.807) is 4.90 Å². The van der Waals surface area contributed by atoms with Crippen LogP contribution < -0.4 is 5.32 Å². The summed E-state index contributed by atoms with van der Waals surface area (Å²) >= 11 is 0. The largest absolute Gasteiger partial charge is 0.495 e. The number of likely N-dealkylation sites (tertiary alicyclic amines) is 2. The van der Waals surface area contributed by atoms with Gasteiger partial charge in [-0.3, -0.25) is 14.4 Å². The van der Waals surface area contributed by atoms with E-state index < -0.39 is 52.6 Å². The van der Waals surface area contributed by atoms with Gasteiger partial charge in [0.1, 0.15) is 6.04 Å². The van der Waals surface area contributed by atoms with Crippen molar-refractivity contribution in [3.63, 3.8) is 0 Å². The van der Waals surface area contributed by atoms with Crippen molar-refractivity contribution in [2.24, 2.45) is 11.3 Å². The first-order valence-electron chi connectivity index (χ1n) is 17.9. The Morgan fingerprint density at radius 3 is 2.38 bits per heavy atom. The molecule has 1 saturated carbocycles. The molecule has 2 saturated heterocycles. The summed E-state index contributed by atoms with van der Waals surface area (Å²) in [6.45, 7) is 4.88. The predicted molar refractivity (Wildman–Crippen MR) is 173 cm³/mol. The van der Waals surface area contributed by atoms with Gasteiger partial charge in [0, 0.05) is 32.1 Å². The van der Waals surface area contributed by atoms with Crippen LogP contribution in [0.5, 0.6) is 0 Å². The van der Waals surface area contributed by atoms with Crippen LogP contribution in [-0.4, -0.2) is 87.4 Å². The van der Waals surface area contributed by atoms with E-state index in [9.17, 15) is 37.8 Å². The number of carbonyl (C=O) groups excluding carboxylic acids is 2. The molecule has 1 unspecified atom stereocenters. The number of aliphatic carboxylic acids is 1. The van der Waals surface area contributed by atoms with E-state index in [0.717, 1.165) is 43.1 Å². The molecule has 3 N–H and O–H groups in total. The highest BCUT2D eigenvalue weighted by Crippen LogP contribution is 2.46. The van der Waals surface area contributed by atoms with E-state index in [0.29, 0.717) is 90.3 Å². The fourth-order valence-electron chi connectivity index (χ4n) is 8.48. The van der Waals surface area contributed by atoms with Crippen molar-refractivity contribution in [3.05, 3.63) is 35.3 Å². The number of rotatable bonds is 11. The summed E-state index contributed by atoms with van der Waals surface area (Å²) in [5.41, 5.74) is -1.79. The zero-order valence-corrected chi connectivity index (χ0v) is 28.3. The molecule has 9 nitrogen and oxygen atoms in total. The lowest BCUT2D eigenvalue weighted by atomic mass is 9.66. The van der Waals surface area contributed by atoms with Crippen molar-refractivity contribution in [2.45, 2.75) is 140 Å². The van der Waals surface area contributed by atoms with Crippen LogP contribution >= 0.6 is 0 Å². The van der Waals surface area contributed by atoms with Crippen molar-refractivity contribution in [2.75, 3.05) is 19.6 Å². The molecule has 3 heterocycles. The number of hydrogen-bond donors (Lipinski definition) is 3. The molecule has 0 radical (unpaired) electrons. The number of halogens is 3. The van der Waals surface area contributed by atoms with Gasteiger partial charge in [-0.1, -0.05) is 25.8 Å². The molecule has 48 heavy (non-hydrogen) atoms. The summed E-state index contributed by atoms with van der Waals surface area (Å²) in [5, 5.41) is 24.2. The molecular weight excluding hydrogens is 627 g/mol. The summed E-state index contributed by atoms with van der Waals surface area (Å²) < 4.78 is 47.8. The van der Waals surface area contributed by atoms with Gasteiger partial charge in [0.2, 0.25) is 11.8 Å². The van der Waals surface area contributed by atoms with Gasteiger partial charge < -0.3 is 30.1 Å². The number of alkyl halides is 3. The Balaban J connectivity index is 1.24. The first kappa shape index (κ1) is 36.3. The highest BCUT2D eigenvalue weighted by molar-refractivity contribution is 5.88. The molecule has 0 aromatic carbocycles. The fraction of sp³-hybridized carbons (Fsp3) is 0.750. The van der Waals surface area contributed by atoms with E-state index in [-0.39, 0.29) is 12.0 Å². The number of amides is 2. The Morgan fingerprint density at radius 1 is 1.04 bits per heavy atom. The van der Waals surface area contributed by atoms with E-state index in [2.05, 4.69) is 5.32 Å². The van der Waals surface area contributed by atoms with Crippen LogP contribution in [0.4, 0.5) is 13.2 Å². The first-order chi connectivity index (χ1) is 22.8. The van der Waals surface area contributed by atoms with Gasteiger partial charge in [0.05, 0.1) is 34.4 Å². The number of hydrogen-bond acceptors (Lipinski definition) is 6. The second-order valence-corrected chi connectivity index (χ2v) is 14.6. The van der Waals surface area contributed by atoms with Crippen LogP contribution in [0.15, 0.2) is 35.3 Å². The molecule has 268 valence electrons. The molecule has 4 atom stereocenters. The Labute approximate surface area is 281 Å². The van der Waals surface area contributed by atoms with Gasteiger partial charge in [-0.25, -0.2) is 0 Å². The van der Waals surface area contributed by atoms with Gasteiger partial charge in [-0.2, -0.15) is 13.2 Å². The quantitative estimate of drug-likeness (QED) is 0.246. The minimum Gasteiger partial charge on any atom is -0.495 e. The lowest BCUT2D eigenvalue weighted by molar-refractivity contribution is -0.155. The zero-order chi connectivity index (χ0) is 34.7. The summed E-state index contributed by atoms with van der Waals surface area (Å²) in [6.07, 6.45) is 8.50. The third kappa shape index (κ3) is 7.58. The van der Waals surface area contributed by atoms with Crippen LogP contribution in [0.1, 0.15) is 110 Å². The van der Waals surface area contributed by atoms with Gasteiger partial charge in [0.15, 0.2) is 0 Å². The van der Waals surface area contributed by atoms with Crippen LogP contribution in [0, 0.1) is 11.3 Å². The molecule has 2 aliphatic carbocycles. The molecule has 0 spiro atoms. The summed E-state index contributed by atoms with van der Waals surface area (Å²) in [7, 11) is 0. The average Bonchev–Trinajstić information content (AvgIpc) is 3.04. The molecule has 0 aromatic rings. The number of nitrogens with one attached hydrogen (secondary N) is 1. The number of dihydropyridines is 1. The Bertz CT molecular complexity index is 1300. The maximum atomic E-state index is 14.0.